The first-order valence-corrected chi connectivity index (χ1v) is 13.3. The van der Waals surface area contributed by atoms with E-state index in [1.54, 1.807) is 0 Å². The van der Waals surface area contributed by atoms with Crippen molar-refractivity contribution in [1.29, 1.82) is 0 Å². The van der Waals surface area contributed by atoms with Gasteiger partial charge in [0.15, 0.2) is 0 Å². The Labute approximate surface area is 185 Å². The quantitative estimate of drug-likeness (QED) is 0.165. The van der Waals surface area contributed by atoms with Crippen molar-refractivity contribution in [3.63, 3.8) is 0 Å². The molecule has 0 aliphatic rings. The van der Waals surface area contributed by atoms with E-state index in [4.69, 9.17) is 33.4 Å². The van der Waals surface area contributed by atoms with Gasteiger partial charge in [-0.2, -0.15) is 0 Å². The maximum absolute atomic E-state index is 8.00. The molecule has 0 bridgehead atoms. The molecule has 0 saturated heterocycles. The van der Waals surface area contributed by atoms with E-state index in [2.05, 4.69) is 48.5 Å². The Balaban J connectivity index is 0.000000883. The molecule has 0 aliphatic heterocycles. The Hall–Kier alpha value is -2.21. The zero-order valence-corrected chi connectivity index (χ0v) is 18.8. The molecule has 0 radical (unpaired) electrons. The second kappa shape index (κ2) is 14.7. The summed E-state index contributed by atoms with van der Waals surface area (Å²) in [6, 6.07) is 28.9. The van der Waals surface area contributed by atoms with Crippen molar-refractivity contribution in [3.8, 4) is 22.6 Å². The summed E-state index contributed by atoms with van der Waals surface area (Å²) in [5, 5.41) is 11.3. The first-order chi connectivity index (χ1) is 13.3. The zero-order valence-electron chi connectivity index (χ0n) is 15.0. The molecule has 0 atom stereocenters. The molecule has 9 heteroatoms. The van der Waals surface area contributed by atoms with Gasteiger partial charge in [-0.1, -0.05) is 84.9 Å². The van der Waals surface area contributed by atoms with Gasteiger partial charge in [0, 0.05) is 21.9 Å². The summed E-state index contributed by atoms with van der Waals surface area (Å²) >= 11 is -0.472. The van der Waals surface area contributed by atoms with Gasteiger partial charge in [-0.05, 0) is 0 Å². The smallest absolute Gasteiger partial charge is 0.142 e. The molecule has 0 amide bonds. The fourth-order valence-electron chi connectivity index (χ4n) is 2.70. The van der Waals surface area contributed by atoms with E-state index < -0.39 is 16.5 Å². The number of rotatable bonds is 2. The number of fused-ring (bicyclic) bond motifs is 1. The summed E-state index contributed by atoms with van der Waals surface area (Å²) in [5.74, 6) is 1.87. The first kappa shape index (κ1) is 26.8. The van der Waals surface area contributed by atoms with E-state index in [0.717, 1.165) is 38.8 Å². The molecule has 1 heterocycles. The summed E-state index contributed by atoms with van der Waals surface area (Å²) in [7, 11) is 9.75. The van der Waals surface area contributed by atoms with E-state index in [0.29, 0.717) is 0 Å². The predicted molar refractivity (Wildman–Crippen MR) is 119 cm³/mol. The van der Waals surface area contributed by atoms with Crippen LogP contribution in [0.5, 0.6) is 0 Å². The Bertz CT molecular complexity index is 897. The van der Waals surface area contributed by atoms with Crippen molar-refractivity contribution in [1.82, 2.24) is 0 Å². The Morgan fingerprint density at radius 1 is 0.690 bits per heavy atom. The number of nitrogens with two attached hydrogens (primary N) is 2. The summed E-state index contributed by atoms with van der Waals surface area (Å²) < 4.78 is 6.24. The van der Waals surface area contributed by atoms with Crippen LogP contribution < -0.4 is 0 Å². The van der Waals surface area contributed by atoms with E-state index in [9.17, 15) is 0 Å². The van der Waals surface area contributed by atoms with Crippen LogP contribution in [-0.4, -0.2) is 0 Å². The number of hydrogen-bond donors (Lipinski definition) is 0. The maximum atomic E-state index is 8.00. The van der Waals surface area contributed by atoms with E-state index in [1.807, 2.05) is 36.4 Å². The third-order valence-electron chi connectivity index (χ3n) is 3.69. The van der Waals surface area contributed by atoms with Gasteiger partial charge in [0.05, 0.1) is 0 Å². The van der Waals surface area contributed by atoms with Crippen LogP contribution in [0.2, 0.25) is 0 Å². The Kier molecular flexibility index (Phi) is 13.6. The normalized spacial score (nSPS) is 9.03. The van der Waals surface area contributed by atoms with Gasteiger partial charge in [0.25, 0.3) is 0 Å². The molecular formula is C20H18Cl2N3O3Pt-. The average Bonchev–Trinajstić information content (AvgIpc) is 3.10. The molecule has 0 fully saturated rings. The van der Waals surface area contributed by atoms with Crippen molar-refractivity contribution in [3.05, 3.63) is 107 Å². The fourth-order valence-corrected chi connectivity index (χ4v) is 2.70. The van der Waals surface area contributed by atoms with Gasteiger partial charge in [-0.25, -0.2) is 0 Å². The second-order valence-electron chi connectivity index (χ2n) is 5.16. The molecule has 4 rings (SSSR count). The number of benzene rings is 3. The SMILES string of the molecule is O=N[O-].[Cl][Pt+2][Cl].[NH2-].[NH2-].c1ccc(-c2oc(-c3ccccc3)c3ccccc23)cc1. The van der Waals surface area contributed by atoms with Gasteiger partial charge in [0.1, 0.15) is 11.5 Å². The van der Waals surface area contributed by atoms with Gasteiger partial charge < -0.3 is 26.8 Å². The molecule has 6 nitrogen and oxygen atoms in total. The summed E-state index contributed by atoms with van der Waals surface area (Å²) in [6.45, 7) is 0. The van der Waals surface area contributed by atoms with Crippen molar-refractivity contribution >= 4 is 29.6 Å². The van der Waals surface area contributed by atoms with Crippen molar-refractivity contribution in [2.75, 3.05) is 0 Å². The third kappa shape index (κ3) is 7.27. The summed E-state index contributed by atoms with van der Waals surface area (Å²) in [4.78, 5) is 8.00. The van der Waals surface area contributed by atoms with E-state index >= 15 is 0 Å². The Morgan fingerprint density at radius 3 is 1.28 bits per heavy atom. The maximum Gasteiger partial charge on any atom is 0.142 e. The van der Waals surface area contributed by atoms with Crippen molar-refractivity contribution in [2.24, 2.45) is 5.34 Å². The van der Waals surface area contributed by atoms with Crippen LogP contribution in [0.3, 0.4) is 0 Å². The monoisotopic (exact) mass is 613 g/mol. The van der Waals surface area contributed by atoms with Crippen molar-refractivity contribution in [2.45, 2.75) is 0 Å². The van der Waals surface area contributed by atoms with Crippen LogP contribution in [0.1, 0.15) is 0 Å². The van der Waals surface area contributed by atoms with Crippen molar-refractivity contribution < 1.29 is 20.9 Å². The molecule has 4 aromatic rings. The molecule has 29 heavy (non-hydrogen) atoms. The molecule has 1 aromatic heterocycles. The van der Waals surface area contributed by atoms with Crippen LogP contribution >= 0.6 is 18.8 Å². The number of furan rings is 1. The molecule has 3 aromatic carbocycles. The minimum absolute atomic E-state index is 0. The third-order valence-corrected chi connectivity index (χ3v) is 3.69. The van der Waals surface area contributed by atoms with Gasteiger partial charge >= 0.3 is 35.3 Å². The first-order valence-electron chi connectivity index (χ1n) is 7.66. The van der Waals surface area contributed by atoms with Gasteiger partial charge in [-0.3, -0.25) is 0 Å². The number of hydrogen-bond acceptors (Lipinski definition) is 4. The standard InChI is InChI=1S/C20H14O.2ClH.HNO2.2H2N.Pt/c1-3-9-15(10-4-1)19-17-13-7-8-14-18(17)20(21-19)16-11-5-2-6-12-16;;;2-1-3;;;/h1-14H;2*1H;(H,2,3);2*1H2;/q;;;;2*-1;+4/p-3. The second-order valence-corrected chi connectivity index (χ2v) is 8.44. The number of halogens is 2. The van der Waals surface area contributed by atoms with Gasteiger partial charge in [0.2, 0.25) is 0 Å². The fraction of sp³-hybridized carbons (Fsp3) is 0. The van der Waals surface area contributed by atoms with Crippen LogP contribution in [0.25, 0.3) is 45.7 Å². The summed E-state index contributed by atoms with van der Waals surface area (Å²) in [6.07, 6.45) is 0. The largest absolute Gasteiger partial charge is 0.693 e. The molecule has 0 unspecified atom stereocenters. The van der Waals surface area contributed by atoms with Crippen LogP contribution in [-0.2, 0) is 16.5 Å². The average molecular weight is 614 g/mol. The van der Waals surface area contributed by atoms with E-state index in [1.165, 1.54) is 0 Å². The zero-order chi connectivity index (χ0) is 19.5. The van der Waals surface area contributed by atoms with E-state index in [-0.39, 0.29) is 12.3 Å². The molecule has 4 N–H and O–H groups in total. The van der Waals surface area contributed by atoms with Crippen LogP contribution in [0.15, 0.2) is 94.7 Å². The van der Waals surface area contributed by atoms with Gasteiger partial charge in [-0.15, -0.1) is 5.34 Å². The molecule has 0 spiro atoms. The molecule has 156 valence electrons. The van der Waals surface area contributed by atoms with Crippen LogP contribution in [0, 0.1) is 10.1 Å². The predicted octanol–water partition coefficient (Wildman–Crippen LogP) is 8.83. The topological polar surface area (TPSA) is 133 Å². The minimum Gasteiger partial charge on any atom is -0.693 e. The number of nitrogens with zero attached hydrogens (tertiary/aromatic N) is 1. The molecule has 0 saturated carbocycles. The Morgan fingerprint density at radius 2 is 0.966 bits per heavy atom. The minimum atomic E-state index is -0.472. The molecular weight excluding hydrogens is 596 g/mol. The summed E-state index contributed by atoms with van der Waals surface area (Å²) in [5.41, 5.74) is 2.21. The molecule has 0 aliphatic carbocycles. The van der Waals surface area contributed by atoms with Crippen LogP contribution in [0.4, 0.5) is 0 Å².